The fraction of sp³-hybridized carbons (Fsp3) is 0.333. The molecular weight excluding hydrogens is 279 g/mol. The Balaban J connectivity index is 3.26. The van der Waals surface area contributed by atoms with Crippen LogP contribution in [0.25, 0.3) is 0 Å². The molecule has 0 fully saturated rings. The summed E-state index contributed by atoms with van der Waals surface area (Å²) in [5.74, 6) is 0.730. The van der Waals surface area contributed by atoms with Crippen LogP contribution in [0.3, 0.4) is 0 Å². The van der Waals surface area contributed by atoms with Crippen LogP contribution in [0.2, 0.25) is 0 Å². The molecule has 0 bridgehead atoms. The van der Waals surface area contributed by atoms with Crippen molar-refractivity contribution < 1.29 is 0 Å². The van der Waals surface area contributed by atoms with Crippen LogP contribution >= 0.6 is 22.6 Å². The standard InChI is InChI=1S/C9H11IN2O/c1-6(2)5-12-7(3)11-4-8(10)9(12)13/h4H,1,5H2,2-3H3. The summed E-state index contributed by atoms with van der Waals surface area (Å²) in [7, 11) is 0. The third-order valence-electron chi connectivity index (χ3n) is 1.63. The Morgan fingerprint density at radius 3 is 2.92 bits per heavy atom. The van der Waals surface area contributed by atoms with Crippen LogP contribution < -0.4 is 5.56 Å². The second kappa shape index (κ2) is 4.04. The average Bonchev–Trinajstić information content (AvgIpc) is 2.05. The normalized spacial score (nSPS) is 10.1. The maximum atomic E-state index is 11.6. The molecule has 0 radical (unpaired) electrons. The Kier molecular flexibility index (Phi) is 3.24. The van der Waals surface area contributed by atoms with Gasteiger partial charge in [0.25, 0.3) is 5.56 Å². The molecule has 0 spiro atoms. The summed E-state index contributed by atoms with van der Waals surface area (Å²) < 4.78 is 2.27. The van der Waals surface area contributed by atoms with E-state index in [1.54, 1.807) is 10.8 Å². The Morgan fingerprint density at radius 2 is 2.38 bits per heavy atom. The zero-order valence-corrected chi connectivity index (χ0v) is 9.83. The lowest BCUT2D eigenvalue weighted by Gasteiger charge is -2.08. The molecule has 0 aliphatic rings. The molecule has 1 heterocycles. The summed E-state index contributed by atoms with van der Waals surface area (Å²) in [5.41, 5.74) is 0.963. The molecule has 0 aliphatic carbocycles. The van der Waals surface area contributed by atoms with Gasteiger partial charge in [-0.2, -0.15) is 0 Å². The molecule has 0 saturated heterocycles. The van der Waals surface area contributed by atoms with Gasteiger partial charge in [-0.15, -0.1) is 0 Å². The predicted octanol–water partition coefficient (Wildman–Crippen LogP) is 1.73. The lowest BCUT2D eigenvalue weighted by molar-refractivity contribution is 0.687. The fourth-order valence-electron chi connectivity index (χ4n) is 1.01. The van der Waals surface area contributed by atoms with Gasteiger partial charge in [-0.1, -0.05) is 12.2 Å². The van der Waals surface area contributed by atoms with Crippen LogP contribution in [-0.2, 0) is 6.54 Å². The van der Waals surface area contributed by atoms with Crippen LogP contribution in [-0.4, -0.2) is 9.55 Å². The van der Waals surface area contributed by atoms with Crippen LogP contribution in [0, 0.1) is 10.5 Å². The molecule has 0 atom stereocenters. The zero-order chi connectivity index (χ0) is 10.0. The number of hydrogen-bond acceptors (Lipinski definition) is 2. The smallest absolute Gasteiger partial charge is 0.267 e. The third kappa shape index (κ3) is 2.40. The number of allylic oxidation sites excluding steroid dienone is 1. The van der Waals surface area contributed by atoms with Gasteiger partial charge in [-0.3, -0.25) is 9.36 Å². The molecule has 4 heteroatoms. The molecule has 0 aromatic carbocycles. The van der Waals surface area contributed by atoms with Crippen LogP contribution in [0.5, 0.6) is 0 Å². The summed E-state index contributed by atoms with van der Waals surface area (Å²) in [6, 6.07) is 0. The van der Waals surface area contributed by atoms with Crippen molar-refractivity contribution in [3.05, 3.63) is 38.1 Å². The van der Waals surface area contributed by atoms with Gasteiger partial charge in [-0.25, -0.2) is 4.98 Å². The Hall–Kier alpha value is -0.650. The van der Waals surface area contributed by atoms with Crippen molar-refractivity contribution in [3.8, 4) is 0 Å². The Labute approximate surface area is 90.6 Å². The number of aryl methyl sites for hydroxylation is 1. The molecule has 0 amide bonds. The second-order valence-electron chi connectivity index (χ2n) is 3.00. The van der Waals surface area contributed by atoms with E-state index in [2.05, 4.69) is 11.6 Å². The number of halogens is 1. The highest BCUT2D eigenvalue weighted by Crippen LogP contribution is 2.00. The van der Waals surface area contributed by atoms with Crippen LogP contribution in [0.4, 0.5) is 0 Å². The van der Waals surface area contributed by atoms with Crippen molar-refractivity contribution in [2.24, 2.45) is 0 Å². The first-order chi connectivity index (χ1) is 6.02. The van der Waals surface area contributed by atoms with Gasteiger partial charge in [-0.05, 0) is 36.4 Å². The first kappa shape index (κ1) is 10.4. The molecule has 0 unspecified atom stereocenters. The summed E-state index contributed by atoms with van der Waals surface area (Å²) in [6.07, 6.45) is 1.59. The molecule has 3 nitrogen and oxygen atoms in total. The summed E-state index contributed by atoms with van der Waals surface area (Å²) in [6.45, 7) is 8.04. The monoisotopic (exact) mass is 290 g/mol. The largest absolute Gasteiger partial charge is 0.292 e. The molecule has 0 aliphatic heterocycles. The van der Waals surface area contributed by atoms with E-state index in [4.69, 9.17) is 0 Å². The van der Waals surface area contributed by atoms with E-state index >= 15 is 0 Å². The number of nitrogens with zero attached hydrogens (tertiary/aromatic N) is 2. The topological polar surface area (TPSA) is 34.9 Å². The molecule has 1 aromatic heterocycles. The van der Waals surface area contributed by atoms with Crippen molar-refractivity contribution in [2.45, 2.75) is 20.4 Å². The van der Waals surface area contributed by atoms with Crippen LogP contribution in [0.1, 0.15) is 12.7 Å². The number of hydrogen-bond donors (Lipinski definition) is 0. The van der Waals surface area contributed by atoms with Crippen molar-refractivity contribution in [1.29, 1.82) is 0 Å². The minimum absolute atomic E-state index is 0.0103. The fourth-order valence-corrected chi connectivity index (χ4v) is 1.44. The highest BCUT2D eigenvalue weighted by molar-refractivity contribution is 14.1. The van der Waals surface area contributed by atoms with Crippen molar-refractivity contribution in [1.82, 2.24) is 9.55 Å². The molecule has 0 N–H and O–H groups in total. The Bertz CT molecular complexity index is 395. The number of rotatable bonds is 2. The first-order valence-corrected chi connectivity index (χ1v) is 4.96. The van der Waals surface area contributed by atoms with E-state index in [1.807, 2.05) is 36.4 Å². The van der Waals surface area contributed by atoms with E-state index in [0.29, 0.717) is 10.1 Å². The molecule has 70 valence electrons. The predicted molar refractivity (Wildman–Crippen MR) is 60.8 cm³/mol. The van der Waals surface area contributed by atoms with Crippen molar-refractivity contribution in [3.63, 3.8) is 0 Å². The highest BCUT2D eigenvalue weighted by atomic mass is 127. The van der Waals surface area contributed by atoms with Crippen LogP contribution in [0.15, 0.2) is 23.1 Å². The van der Waals surface area contributed by atoms with Gasteiger partial charge in [0.05, 0.1) is 3.57 Å². The van der Waals surface area contributed by atoms with Gasteiger partial charge in [0.2, 0.25) is 0 Å². The van der Waals surface area contributed by atoms with E-state index in [-0.39, 0.29) is 5.56 Å². The molecule has 13 heavy (non-hydrogen) atoms. The first-order valence-electron chi connectivity index (χ1n) is 3.88. The number of aromatic nitrogens is 2. The van der Waals surface area contributed by atoms with E-state index in [0.717, 1.165) is 11.4 Å². The van der Waals surface area contributed by atoms with Gasteiger partial charge in [0, 0.05) is 12.7 Å². The molecule has 0 saturated carbocycles. The lowest BCUT2D eigenvalue weighted by Crippen LogP contribution is -2.25. The SMILES string of the molecule is C=C(C)Cn1c(C)ncc(I)c1=O. The molecular formula is C9H11IN2O. The van der Waals surface area contributed by atoms with E-state index < -0.39 is 0 Å². The van der Waals surface area contributed by atoms with E-state index in [1.165, 1.54) is 0 Å². The highest BCUT2D eigenvalue weighted by Gasteiger charge is 2.04. The zero-order valence-electron chi connectivity index (χ0n) is 7.67. The van der Waals surface area contributed by atoms with Crippen molar-refractivity contribution in [2.75, 3.05) is 0 Å². The average molecular weight is 290 g/mol. The quantitative estimate of drug-likeness (QED) is 0.614. The van der Waals surface area contributed by atoms with Crippen molar-refractivity contribution >= 4 is 22.6 Å². The Morgan fingerprint density at radius 1 is 1.77 bits per heavy atom. The molecule has 1 aromatic rings. The lowest BCUT2D eigenvalue weighted by atomic mass is 10.3. The van der Waals surface area contributed by atoms with Gasteiger partial charge in [0.1, 0.15) is 5.82 Å². The molecule has 1 rings (SSSR count). The second-order valence-corrected chi connectivity index (χ2v) is 4.16. The summed E-state index contributed by atoms with van der Waals surface area (Å²) in [5, 5.41) is 0. The maximum Gasteiger partial charge on any atom is 0.267 e. The third-order valence-corrected chi connectivity index (χ3v) is 2.37. The van der Waals surface area contributed by atoms with E-state index in [9.17, 15) is 4.79 Å². The van der Waals surface area contributed by atoms with Gasteiger partial charge in [0.15, 0.2) is 0 Å². The van der Waals surface area contributed by atoms with Gasteiger partial charge >= 0.3 is 0 Å². The minimum Gasteiger partial charge on any atom is -0.292 e. The summed E-state index contributed by atoms with van der Waals surface area (Å²) >= 11 is 1.99. The summed E-state index contributed by atoms with van der Waals surface area (Å²) in [4.78, 5) is 15.7. The minimum atomic E-state index is 0.0103. The van der Waals surface area contributed by atoms with Gasteiger partial charge < -0.3 is 0 Å². The maximum absolute atomic E-state index is 11.6.